The summed E-state index contributed by atoms with van der Waals surface area (Å²) in [6, 6.07) is 0. The van der Waals surface area contributed by atoms with Crippen LogP contribution in [0.4, 0.5) is 0 Å². The lowest BCUT2D eigenvalue weighted by Crippen LogP contribution is -2.40. The minimum Gasteiger partial charge on any atom is -0.479 e. The van der Waals surface area contributed by atoms with Crippen LogP contribution in [0.3, 0.4) is 0 Å². The number of nitrogens with one attached hydrogen (secondary N) is 1. The van der Waals surface area contributed by atoms with Gasteiger partial charge < -0.3 is 5.11 Å². The van der Waals surface area contributed by atoms with Crippen LogP contribution in [0.2, 0.25) is 0 Å². The van der Waals surface area contributed by atoms with Gasteiger partial charge in [-0.3, -0.25) is 5.73 Å². The van der Waals surface area contributed by atoms with E-state index in [4.69, 9.17) is 10.8 Å². The first-order valence-corrected chi connectivity index (χ1v) is 2.34. The zero-order valence-corrected chi connectivity index (χ0v) is 4.48. The molecular weight excluding hydrogens is 124 g/mol. The minimum atomic E-state index is -1.06. The van der Waals surface area contributed by atoms with Gasteiger partial charge in [0.2, 0.25) is 6.17 Å². The quantitative estimate of drug-likeness (QED) is 0.410. The van der Waals surface area contributed by atoms with E-state index in [2.05, 4.69) is 15.5 Å². The fourth-order valence-electron chi connectivity index (χ4n) is 0.488. The summed E-state index contributed by atoms with van der Waals surface area (Å²) in [6.07, 6.45) is -1.62. The first kappa shape index (κ1) is 6.12. The molecule has 1 aliphatic heterocycles. The Balaban J connectivity index is 2.50. The number of nitrogens with two attached hydrogens (primary N) is 1. The molecule has 0 aromatic rings. The molecule has 0 aliphatic carbocycles. The van der Waals surface area contributed by atoms with Gasteiger partial charge in [-0.05, 0) is 0 Å². The van der Waals surface area contributed by atoms with Crippen molar-refractivity contribution in [1.29, 1.82) is 0 Å². The number of aliphatic carboxylic acids is 1. The largest absolute Gasteiger partial charge is 0.479 e. The smallest absolute Gasteiger partial charge is 0.345 e. The van der Waals surface area contributed by atoms with Crippen molar-refractivity contribution in [1.82, 2.24) is 5.32 Å². The van der Waals surface area contributed by atoms with E-state index >= 15 is 0 Å². The van der Waals surface area contributed by atoms with Crippen LogP contribution in [-0.2, 0) is 4.79 Å². The molecule has 0 amide bonds. The number of nitrogens with zero attached hydrogens (tertiary/aromatic N) is 2. The van der Waals surface area contributed by atoms with Gasteiger partial charge in [0.15, 0.2) is 6.29 Å². The Morgan fingerprint density at radius 3 is 2.56 bits per heavy atom. The molecule has 0 bridgehead atoms. The highest BCUT2D eigenvalue weighted by Crippen LogP contribution is 1.97. The highest BCUT2D eigenvalue weighted by atomic mass is 16.4. The summed E-state index contributed by atoms with van der Waals surface area (Å²) in [6.45, 7) is 0. The van der Waals surface area contributed by atoms with Crippen LogP contribution < -0.4 is 11.1 Å². The van der Waals surface area contributed by atoms with E-state index in [1.807, 2.05) is 0 Å². The van der Waals surface area contributed by atoms with E-state index in [-0.39, 0.29) is 0 Å². The predicted molar refractivity (Wildman–Crippen MR) is 27.4 cm³/mol. The van der Waals surface area contributed by atoms with E-state index < -0.39 is 18.4 Å². The van der Waals surface area contributed by atoms with Gasteiger partial charge in [0.25, 0.3) is 0 Å². The van der Waals surface area contributed by atoms with Gasteiger partial charge in [-0.15, -0.1) is 0 Å². The lowest BCUT2D eigenvalue weighted by atomic mass is 10.5. The second-order valence-electron chi connectivity index (χ2n) is 1.58. The SMILES string of the molecule is N[C@@H]1N=N[C@@H](C(=O)O)N1. The average molecular weight is 130 g/mol. The summed E-state index contributed by atoms with van der Waals surface area (Å²) in [5, 5.41) is 17.3. The third-order valence-corrected chi connectivity index (χ3v) is 0.869. The summed E-state index contributed by atoms with van der Waals surface area (Å²) in [5.41, 5.74) is 5.13. The van der Waals surface area contributed by atoms with Crippen molar-refractivity contribution in [2.75, 3.05) is 0 Å². The minimum absolute atomic E-state index is 0.661. The van der Waals surface area contributed by atoms with E-state index in [0.717, 1.165) is 0 Å². The second kappa shape index (κ2) is 2.08. The Bertz CT molecular complexity index is 156. The van der Waals surface area contributed by atoms with Gasteiger partial charge in [-0.1, -0.05) is 0 Å². The first-order chi connectivity index (χ1) is 4.20. The molecule has 0 aromatic heterocycles. The molecule has 0 saturated carbocycles. The standard InChI is InChI=1S/C3H6N4O2/c4-3-5-1(2(8)9)6-7-3/h1,3,5H,4H2,(H,8,9)/t1-,3-/m0/s1. The zero-order chi connectivity index (χ0) is 6.85. The molecule has 1 aliphatic rings. The fourth-order valence-corrected chi connectivity index (χ4v) is 0.488. The number of carboxylic acid groups (broad SMARTS) is 1. The molecule has 0 aromatic carbocycles. The molecule has 0 saturated heterocycles. The molecule has 0 unspecified atom stereocenters. The molecule has 1 heterocycles. The maximum Gasteiger partial charge on any atom is 0.345 e. The zero-order valence-electron chi connectivity index (χ0n) is 4.48. The number of hydrogen-bond acceptors (Lipinski definition) is 5. The van der Waals surface area contributed by atoms with Crippen LogP contribution in [0.1, 0.15) is 0 Å². The van der Waals surface area contributed by atoms with Crippen molar-refractivity contribution in [3.8, 4) is 0 Å². The van der Waals surface area contributed by atoms with E-state index in [0.29, 0.717) is 0 Å². The summed E-state index contributed by atoms with van der Waals surface area (Å²) in [7, 11) is 0. The molecule has 0 fully saturated rings. The Morgan fingerprint density at radius 1 is 1.67 bits per heavy atom. The molecular formula is C3H6N4O2. The number of carbonyl (C=O) groups is 1. The summed E-state index contributed by atoms with van der Waals surface area (Å²) in [4.78, 5) is 10.1. The number of hydrogen-bond donors (Lipinski definition) is 3. The van der Waals surface area contributed by atoms with E-state index in [1.165, 1.54) is 0 Å². The van der Waals surface area contributed by atoms with Gasteiger partial charge >= 0.3 is 5.97 Å². The number of azo groups is 1. The van der Waals surface area contributed by atoms with Gasteiger partial charge in [0.1, 0.15) is 0 Å². The molecule has 9 heavy (non-hydrogen) atoms. The van der Waals surface area contributed by atoms with Crippen molar-refractivity contribution in [2.24, 2.45) is 16.0 Å². The maximum absolute atomic E-state index is 10.1. The van der Waals surface area contributed by atoms with E-state index in [9.17, 15) is 4.79 Å². The molecule has 6 nitrogen and oxygen atoms in total. The Hall–Kier alpha value is -1.01. The lowest BCUT2D eigenvalue weighted by molar-refractivity contribution is -0.139. The molecule has 0 radical (unpaired) electrons. The second-order valence-corrected chi connectivity index (χ2v) is 1.58. The van der Waals surface area contributed by atoms with Crippen molar-refractivity contribution < 1.29 is 9.90 Å². The van der Waals surface area contributed by atoms with Crippen LogP contribution in [0.5, 0.6) is 0 Å². The lowest BCUT2D eigenvalue weighted by Gasteiger charge is -1.99. The van der Waals surface area contributed by atoms with Crippen LogP contribution in [0, 0.1) is 0 Å². The number of carboxylic acids is 1. The average Bonchev–Trinajstić information content (AvgIpc) is 2.14. The molecule has 1 rings (SSSR count). The highest BCUT2D eigenvalue weighted by molar-refractivity contribution is 5.73. The molecule has 4 N–H and O–H groups in total. The van der Waals surface area contributed by atoms with Gasteiger partial charge in [-0.25, -0.2) is 10.1 Å². The Kier molecular flexibility index (Phi) is 1.41. The van der Waals surface area contributed by atoms with Crippen molar-refractivity contribution in [3.05, 3.63) is 0 Å². The molecule has 0 spiro atoms. The van der Waals surface area contributed by atoms with E-state index in [1.54, 1.807) is 0 Å². The number of rotatable bonds is 1. The monoisotopic (exact) mass is 130 g/mol. The van der Waals surface area contributed by atoms with Crippen LogP contribution in [-0.4, -0.2) is 23.5 Å². The Labute approximate surface area is 50.8 Å². The summed E-state index contributed by atoms with van der Waals surface area (Å²) < 4.78 is 0. The van der Waals surface area contributed by atoms with Gasteiger partial charge in [-0.2, -0.15) is 10.2 Å². The topological polar surface area (TPSA) is 100 Å². The summed E-state index contributed by atoms with van der Waals surface area (Å²) >= 11 is 0. The normalized spacial score (nSPS) is 33.0. The van der Waals surface area contributed by atoms with Gasteiger partial charge in [0, 0.05) is 0 Å². The van der Waals surface area contributed by atoms with Crippen LogP contribution in [0.15, 0.2) is 10.2 Å². The first-order valence-electron chi connectivity index (χ1n) is 2.34. The van der Waals surface area contributed by atoms with Crippen molar-refractivity contribution in [2.45, 2.75) is 12.5 Å². The van der Waals surface area contributed by atoms with Crippen LogP contribution >= 0.6 is 0 Å². The maximum atomic E-state index is 10.1. The molecule has 2 atom stereocenters. The highest BCUT2D eigenvalue weighted by Gasteiger charge is 2.23. The van der Waals surface area contributed by atoms with Crippen molar-refractivity contribution in [3.63, 3.8) is 0 Å². The van der Waals surface area contributed by atoms with Crippen molar-refractivity contribution >= 4 is 5.97 Å². The third-order valence-electron chi connectivity index (χ3n) is 0.869. The Morgan fingerprint density at radius 2 is 2.33 bits per heavy atom. The van der Waals surface area contributed by atoms with Crippen LogP contribution in [0.25, 0.3) is 0 Å². The fraction of sp³-hybridized carbons (Fsp3) is 0.667. The predicted octanol–water partition coefficient (Wildman–Crippen LogP) is -1.31. The summed E-state index contributed by atoms with van der Waals surface area (Å²) in [5.74, 6) is -1.06. The molecule has 6 heteroatoms. The van der Waals surface area contributed by atoms with Gasteiger partial charge in [0.05, 0.1) is 0 Å². The molecule has 50 valence electrons. The third kappa shape index (κ3) is 1.21.